The molecule has 0 aliphatic carbocycles. The van der Waals surface area contributed by atoms with Crippen LogP contribution in [0, 0.1) is 4.77 Å². The Morgan fingerprint density at radius 3 is 3.00 bits per heavy atom. The molecular formula is C12H17N4OS2+. The molecule has 2 aromatic heterocycles. The van der Waals surface area contributed by atoms with Crippen molar-refractivity contribution in [2.75, 3.05) is 13.1 Å². The van der Waals surface area contributed by atoms with Crippen molar-refractivity contribution in [2.24, 2.45) is 0 Å². The van der Waals surface area contributed by atoms with E-state index in [2.05, 4.69) is 10.1 Å². The van der Waals surface area contributed by atoms with E-state index in [0.717, 1.165) is 43.3 Å². The topological polar surface area (TPSA) is 58.3 Å². The summed E-state index contributed by atoms with van der Waals surface area (Å²) in [5.41, 5.74) is 0. The molecule has 0 unspecified atom stereocenters. The minimum atomic E-state index is -0.125. The molecular weight excluding hydrogens is 280 g/mol. The van der Waals surface area contributed by atoms with E-state index in [1.54, 1.807) is 11.3 Å². The van der Waals surface area contributed by atoms with E-state index in [9.17, 15) is 5.11 Å². The summed E-state index contributed by atoms with van der Waals surface area (Å²) < 4.78 is 2.53. The normalized spacial score (nSPS) is 23.6. The summed E-state index contributed by atoms with van der Waals surface area (Å²) in [6.07, 6.45) is 1.61. The van der Waals surface area contributed by atoms with Crippen molar-refractivity contribution >= 4 is 23.6 Å². The number of quaternary nitrogens is 1. The van der Waals surface area contributed by atoms with Crippen LogP contribution < -0.4 is 4.90 Å². The standard InChI is InChI=1S/C12H16N4OS2/c17-9-3-5-15(6-4-9)8-16-12(18)13-11(14-16)10-2-1-7-19-10/h1-2,7,9,17H,3-6,8H2,(H,13,14,18)/p+1. The highest BCUT2D eigenvalue weighted by molar-refractivity contribution is 7.71. The molecule has 1 fully saturated rings. The second kappa shape index (κ2) is 5.54. The van der Waals surface area contributed by atoms with Gasteiger partial charge in [-0.15, -0.1) is 11.3 Å². The predicted molar refractivity (Wildman–Crippen MR) is 76.7 cm³/mol. The zero-order valence-electron chi connectivity index (χ0n) is 10.5. The highest BCUT2D eigenvalue weighted by atomic mass is 32.1. The number of aliphatic hydroxyl groups excluding tert-OH is 1. The summed E-state index contributed by atoms with van der Waals surface area (Å²) in [6, 6.07) is 4.04. The van der Waals surface area contributed by atoms with Gasteiger partial charge in [0.1, 0.15) is 0 Å². The van der Waals surface area contributed by atoms with Gasteiger partial charge in [0.2, 0.25) is 4.77 Å². The zero-order valence-corrected chi connectivity index (χ0v) is 12.1. The van der Waals surface area contributed by atoms with E-state index in [1.165, 1.54) is 4.90 Å². The lowest BCUT2D eigenvalue weighted by atomic mass is 10.1. The van der Waals surface area contributed by atoms with Gasteiger partial charge in [-0.25, -0.2) is 4.68 Å². The molecule has 1 aliphatic rings. The fourth-order valence-corrected chi connectivity index (χ4v) is 3.25. The van der Waals surface area contributed by atoms with Gasteiger partial charge in [0.25, 0.3) is 0 Å². The molecule has 3 heterocycles. The van der Waals surface area contributed by atoms with E-state index in [1.807, 2.05) is 22.2 Å². The molecule has 102 valence electrons. The third kappa shape index (κ3) is 2.94. The van der Waals surface area contributed by atoms with Crippen molar-refractivity contribution in [2.45, 2.75) is 25.6 Å². The van der Waals surface area contributed by atoms with Gasteiger partial charge in [-0.2, -0.15) is 4.98 Å². The number of aromatic nitrogens is 3. The van der Waals surface area contributed by atoms with Crippen molar-refractivity contribution in [1.29, 1.82) is 0 Å². The number of nitrogens with zero attached hydrogens (tertiary/aromatic N) is 2. The molecule has 0 aromatic carbocycles. The van der Waals surface area contributed by atoms with Gasteiger partial charge < -0.3 is 10.0 Å². The number of piperidine rings is 1. The maximum absolute atomic E-state index is 9.52. The summed E-state index contributed by atoms with van der Waals surface area (Å²) in [5, 5.41) is 14.8. The number of likely N-dealkylation sites (tertiary alicyclic amines) is 1. The molecule has 0 bridgehead atoms. The van der Waals surface area contributed by atoms with Gasteiger partial charge in [0, 0.05) is 12.8 Å². The highest BCUT2D eigenvalue weighted by Crippen LogP contribution is 2.20. The predicted octanol–water partition coefficient (Wildman–Crippen LogP) is 0.666. The summed E-state index contributed by atoms with van der Waals surface area (Å²) >= 11 is 6.95. The van der Waals surface area contributed by atoms with Crippen molar-refractivity contribution in [3.05, 3.63) is 22.3 Å². The molecule has 1 saturated heterocycles. The average Bonchev–Trinajstić information content (AvgIpc) is 3.03. The van der Waals surface area contributed by atoms with Crippen LogP contribution in [0.15, 0.2) is 17.5 Å². The quantitative estimate of drug-likeness (QED) is 0.730. The van der Waals surface area contributed by atoms with Crippen LogP contribution in [-0.2, 0) is 6.67 Å². The van der Waals surface area contributed by atoms with E-state index >= 15 is 0 Å². The third-order valence-corrected chi connectivity index (χ3v) is 4.67. The summed E-state index contributed by atoms with van der Waals surface area (Å²) in [5.74, 6) is 0.844. The summed E-state index contributed by atoms with van der Waals surface area (Å²) in [4.78, 5) is 6.94. The van der Waals surface area contributed by atoms with Crippen molar-refractivity contribution < 1.29 is 10.0 Å². The van der Waals surface area contributed by atoms with Gasteiger partial charge in [-0.05, 0) is 23.7 Å². The van der Waals surface area contributed by atoms with Crippen molar-refractivity contribution in [3.63, 3.8) is 0 Å². The zero-order chi connectivity index (χ0) is 13.2. The molecule has 2 aromatic rings. The van der Waals surface area contributed by atoms with Crippen LogP contribution in [0.3, 0.4) is 0 Å². The lowest BCUT2D eigenvalue weighted by molar-refractivity contribution is -0.929. The highest BCUT2D eigenvalue weighted by Gasteiger charge is 2.20. The molecule has 0 atom stereocenters. The smallest absolute Gasteiger partial charge is 0.221 e. The van der Waals surface area contributed by atoms with Crippen LogP contribution in [0.2, 0.25) is 0 Å². The molecule has 19 heavy (non-hydrogen) atoms. The van der Waals surface area contributed by atoms with E-state index in [4.69, 9.17) is 12.2 Å². The molecule has 3 rings (SSSR count). The Labute approximate surface area is 120 Å². The Balaban J connectivity index is 1.73. The van der Waals surface area contributed by atoms with E-state index < -0.39 is 0 Å². The van der Waals surface area contributed by atoms with Crippen LogP contribution in [0.25, 0.3) is 10.7 Å². The first kappa shape index (κ1) is 13.0. The molecule has 0 saturated carbocycles. The van der Waals surface area contributed by atoms with Gasteiger partial charge in [-0.3, -0.25) is 5.10 Å². The second-order valence-corrected chi connectivity index (χ2v) is 6.21. The minimum absolute atomic E-state index is 0.125. The van der Waals surface area contributed by atoms with Gasteiger partial charge in [0.05, 0.1) is 24.1 Å². The van der Waals surface area contributed by atoms with Gasteiger partial charge in [0.15, 0.2) is 12.5 Å². The Kier molecular flexibility index (Phi) is 3.79. The Morgan fingerprint density at radius 1 is 1.53 bits per heavy atom. The summed E-state index contributed by atoms with van der Waals surface area (Å²) in [6.45, 7) is 2.76. The molecule has 3 N–H and O–H groups in total. The molecule has 0 spiro atoms. The molecule has 5 nitrogen and oxygen atoms in total. The lowest BCUT2D eigenvalue weighted by Crippen LogP contribution is -3.12. The van der Waals surface area contributed by atoms with Gasteiger partial charge in [-0.1, -0.05) is 6.07 Å². The van der Waals surface area contributed by atoms with Crippen molar-refractivity contribution in [3.8, 4) is 10.7 Å². The number of nitrogens with one attached hydrogen (secondary N) is 2. The maximum atomic E-state index is 9.52. The molecule has 7 heteroatoms. The monoisotopic (exact) mass is 297 g/mol. The van der Waals surface area contributed by atoms with Crippen molar-refractivity contribution in [1.82, 2.24) is 14.8 Å². The van der Waals surface area contributed by atoms with Crippen LogP contribution in [0.1, 0.15) is 12.8 Å². The largest absolute Gasteiger partial charge is 0.393 e. The first-order valence-corrected chi connectivity index (χ1v) is 7.73. The Morgan fingerprint density at radius 2 is 2.32 bits per heavy atom. The van der Waals surface area contributed by atoms with E-state index in [-0.39, 0.29) is 6.10 Å². The van der Waals surface area contributed by atoms with Crippen LogP contribution in [0.5, 0.6) is 0 Å². The number of aromatic amines is 1. The third-order valence-electron chi connectivity index (χ3n) is 3.48. The number of hydrogen-bond donors (Lipinski definition) is 3. The first-order valence-electron chi connectivity index (χ1n) is 6.45. The van der Waals surface area contributed by atoms with E-state index in [0.29, 0.717) is 4.77 Å². The van der Waals surface area contributed by atoms with Crippen LogP contribution in [-0.4, -0.2) is 39.1 Å². The maximum Gasteiger partial charge on any atom is 0.221 e. The fraction of sp³-hybridized carbons (Fsp3) is 0.500. The number of H-pyrrole nitrogens is 1. The van der Waals surface area contributed by atoms with Gasteiger partial charge >= 0.3 is 0 Å². The fourth-order valence-electron chi connectivity index (χ4n) is 2.38. The van der Waals surface area contributed by atoms with Crippen LogP contribution in [0.4, 0.5) is 0 Å². The second-order valence-electron chi connectivity index (χ2n) is 4.90. The minimum Gasteiger partial charge on any atom is -0.393 e. The first-order chi connectivity index (χ1) is 9.22. The molecule has 0 amide bonds. The SMILES string of the molecule is OC1CC[NH+](Cn2[nH]c(-c3cccs3)nc2=S)CC1. The number of thiophene rings is 1. The number of rotatable bonds is 3. The van der Waals surface area contributed by atoms with Crippen LogP contribution >= 0.6 is 23.6 Å². The number of aliphatic hydroxyl groups is 1. The average molecular weight is 297 g/mol. The lowest BCUT2D eigenvalue weighted by Gasteiger charge is -2.26. The molecule has 0 radical (unpaired) electrons. The summed E-state index contributed by atoms with van der Waals surface area (Å²) in [7, 11) is 0. The Hall–Kier alpha value is -1.02. The number of hydrogen-bond acceptors (Lipinski definition) is 4. The Bertz CT molecular complexity index is 581. The molecule has 1 aliphatic heterocycles.